The molecule has 0 aliphatic rings. The van der Waals surface area contributed by atoms with Crippen LogP contribution < -0.4 is 14.8 Å². The number of unbranched alkanes of at least 4 members (excludes halogenated alkanes) is 1. The lowest BCUT2D eigenvalue weighted by Crippen LogP contribution is -2.25. The summed E-state index contributed by atoms with van der Waals surface area (Å²) in [6.07, 6.45) is 1.88. The molecule has 3 aromatic rings. The number of hydrogen-bond acceptors (Lipinski definition) is 8. The van der Waals surface area contributed by atoms with Gasteiger partial charge in [-0.2, -0.15) is 0 Å². The number of benzene rings is 3. The van der Waals surface area contributed by atoms with Crippen molar-refractivity contribution in [2.45, 2.75) is 58.0 Å². The van der Waals surface area contributed by atoms with Crippen LogP contribution in [0.15, 0.2) is 91.0 Å². The summed E-state index contributed by atoms with van der Waals surface area (Å²) in [5.41, 5.74) is 1.64. The average Bonchev–Trinajstić information content (AvgIpc) is 3.03. The molecule has 0 saturated heterocycles. The average molecular weight is 590 g/mol. The van der Waals surface area contributed by atoms with Gasteiger partial charge >= 0.3 is 11.9 Å². The largest absolute Gasteiger partial charge is 0.493 e. The highest BCUT2D eigenvalue weighted by molar-refractivity contribution is 5.79. The zero-order chi connectivity index (χ0) is 31.2. The van der Waals surface area contributed by atoms with Crippen molar-refractivity contribution in [1.29, 1.82) is 0 Å². The number of nitrogens with one attached hydrogen (secondary N) is 1. The van der Waals surface area contributed by atoms with Gasteiger partial charge in [0.15, 0.2) is 23.7 Å². The smallest absolute Gasteiger partial charge is 0.345 e. The van der Waals surface area contributed by atoms with E-state index in [9.17, 15) is 24.6 Å². The lowest BCUT2D eigenvalue weighted by atomic mass is 10.1. The van der Waals surface area contributed by atoms with Crippen molar-refractivity contribution in [1.82, 2.24) is 5.32 Å². The van der Waals surface area contributed by atoms with Crippen molar-refractivity contribution in [2.24, 2.45) is 5.92 Å². The van der Waals surface area contributed by atoms with Crippen LogP contribution in [0.2, 0.25) is 0 Å². The molecule has 0 radical (unpaired) electrons. The SMILES string of the molecule is COc1cc(CNC(=O)CCC/C=C/[C@@H](OC(=O)[C@@H](O)c2ccccc2)C(C)C)ccc1OC(=O)[C@@H](O)c1ccccc1. The number of esters is 2. The van der Waals surface area contributed by atoms with Gasteiger partial charge in [0.05, 0.1) is 7.11 Å². The standard InChI is InChI=1S/C34H39NO8/c1-23(2)27(42-33(39)31(37)25-13-7-4-8-14-25)17-11-6-12-18-30(36)35-22-24-19-20-28(29(21-24)41-3)43-34(40)32(38)26-15-9-5-10-16-26/h4-5,7-11,13-17,19-21,23,27,31-32,37-38H,6,12,18,22H2,1-3H3,(H,35,36)/b17-11+/t27-,31+,32+/m1/s1. The van der Waals surface area contributed by atoms with Crippen LogP contribution in [0.4, 0.5) is 0 Å². The number of methoxy groups -OCH3 is 1. The Morgan fingerprint density at radius 2 is 1.44 bits per heavy atom. The van der Waals surface area contributed by atoms with E-state index < -0.39 is 30.3 Å². The normalized spacial score (nSPS) is 13.3. The Hall–Kier alpha value is -4.47. The first-order valence-corrected chi connectivity index (χ1v) is 14.2. The van der Waals surface area contributed by atoms with E-state index >= 15 is 0 Å². The Labute approximate surface area is 252 Å². The molecule has 0 unspecified atom stereocenters. The molecule has 0 aliphatic carbocycles. The van der Waals surface area contributed by atoms with Crippen LogP contribution >= 0.6 is 0 Å². The molecule has 0 heterocycles. The summed E-state index contributed by atoms with van der Waals surface area (Å²) in [5.74, 6) is -1.21. The van der Waals surface area contributed by atoms with Crippen molar-refractivity contribution in [3.63, 3.8) is 0 Å². The summed E-state index contributed by atoms with van der Waals surface area (Å²) >= 11 is 0. The predicted octanol–water partition coefficient (Wildman–Crippen LogP) is 4.98. The minimum Gasteiger partial charge on any atom is -0.493 e. The molecular formula is C34H39NO8. The summed E-state index contributed by atoms with van der Waals surface area (Å²) in [4.78, 5) is 37.2. The van der Waals surface area contributed by atoms with Gasteiger partial charge in [0, 0.05) is 13.0 Å². The Morgan fingerprint density at radius 1 is 0.837 bits per heavy atom. The second kappa shape index (κ2) is 16.8. The van der Waals surface area contributed by atoms with E-state index in [-0.39, 0.29) is 24.1 Å². The van der Waals surface area contributed by atoms with Crippen LogP contribution in [0, 0.1) is 5.92 Å². The first-order chi connectivity index (χ1) is 20.7. The Kier molecular flexibility index (Phi) is 12.9. The maximum atomic E-state index is 12.4. The molecule has 0 aromatic heterocycles. The van der Waals surface area contributed by atoms with E-state index in [1.54, 1.807) is 84.9 Å². The molecule has 3 N–H and O–H groups in total. The molecule has 43 heavy (non-hydrogen) atoms. The molecule has 9 heteroatoms. The first-order valence-electron chi connectivity index (χ1n) is 14.2. The van der Waals surface area contributed by atoms with E-state index in [2.05, 4.69) is 5.32 Å². The number of aliphatic hydroxyl groups is 2. The summed E-state index contributed by atoms with van der Waals surface area (Å²) in [5, 5.41) is 23.4. The van der Waals surface area contributed by atoms with Gasteiger partial charge < -0.3 is 29.7 Å². The Morgan fingerprint density at radius 3 is 2.02 bits per heavy atom. The number of allylic oxidation sites excluding steroid dienone is 1. The quantitative estimate of drug-likeness (QED) is 0.0979. The van der Waals surface area contributed by atoms with Crippen molar-refractivity contribution < 1.29 is 38.8 Å². The van der Waals surface area contributed by atoms with Crippen LogP contribution in [0.1, 0.15) is 62.0 Å². The monoisotopic (exact) mass is 589 g/mol. The zero-order valence-electron chi connectivity index (χ0n) is 24.6. The lowest BCUT2D eigenvalue weighted by molar-refractivity contribution is -0.159. The fraction of sp³-hybridized carbons (Fsp3) is 0.324. The summed E-state index contributed by atoms with van der Waals surface area (Å²) in [7, 11) is 1.44. The molecule has 0 aliphatic heterocycles. The van der Waals surface area contributed by atoms with Gasteiger partial charge in [-0.1, -0.05) is 86.7 Å². The lowest BCUT2D eigenvalue weighted by Gasteiger charge is -2.20. The van der Waals surface area contributed by atoms with Crippen molar-refractivity contribution in [3.05, 3.63) is 108 Å². The molecule has 0 saturated carbocycles. The molecule has 3 rings (SSSR count). The second-order valence-corrected chi connectivity index (χ2v) is 10.3. The number of ether oxygens (including phenoxy) is 3. The van der Waals surface area contributed by atoms with Gasteiger partial charge in [-0.15, -0.1) is 0 Å². The van der Waals surface area contributed by atoms with Gasteiger partial charge in [-0.05, 0) is 53.7 Å². The maximum Gasteiger partial charge on any atom is 0.345 e. The van der Waals surface area contributed by atoms with Crippen LogP contribution in [0.5, 0.6) is 11.5 Å². The summed E-state index contributed by atoms with van der Waals surface area (Å²) in [6.45, 7) is 4.09. The highest BCUT2D eigenvalue weighted by atomic mass is 16.6. The molecule has 0 spiro atoms. The Bertz CT molecular complexity index is 1360. The Balaban J connectivity index is 1.42. The first kappa shape index (κ1) is 33.0. The van der Waals surface area contributed by atoms with E-state index in [0.29, 0.717) is 36.1 Å². The number of amides is 1. The van der Waals surface area contributed by atoms with E-state index in [0.717, 1.165) is 5.56 Å². The molecule has 1 amide bonds. The molecule has 0 bridgehead atoms. The predicted molar refractivity (Wildman–Crippen MR) is 161 cm³/mol. The molecule has 3 aromatic carbocycles. The van der Waals surface area contributed by atoms with Crippen LogP contribution in [0.3, 0.4) is 0 Å². The number of rotatable bonds is 15. The number of carbonyl (C=O) groups excluding carboxylic acids is 3. The third-order valence-electron chi connectivity index (χ3n) is 6.62. The molecule has 0 fully saturated rings. The number of carbonyl (C=O) groups is 3. The van der Waals surface area contributed by atoms with Crippen LogP contribution in [0.25, 0.3) is 0 Å². The summed E-state index contributed by atoms with van der Waals surface area (Å²) < 4.78 is 16.2. The fourth-order valence-electron chi connectivity index (χ4n) is 4.11. The van der Waals surface area contributed by atoms with Crippen molar-refractivity contribution >= 4 is 17.8 Å². The molecule has 228 valence electrons. The molecule has 3 atom stereocenters. The van der Waals surface area contributed by atoms with E-state index in [4.69, 9.17) is 14.2 Å². The van der Waals surface area contributed by atoms with Gasteiger partial charge in [-0.3, -0.25) is 4.79 Å². The van der Waals surface area contributed by atoms with E-state index in [1.807, 2.05) is 19.9 Å². The molecule has 9 nitrogen and oxygen atoms in total. The third kappa shape index (κ3) is 10.4. The summed E-state index contributed by atoms with van der Waals surface area (Å²) in [6, 6.07) is 22.0. The topological polar surface area (TPSA) is 131 Å². The molecular weight excluding hydrogens is 550 g/mol. The minimum absolute atomic E-state index is 0.00676. The second-order valence-electron chi connectivity index (χ2n) is 10.3. The maximum absolute atomic E-state index is 12.4. The highest BCUT2D eigenvalue weighted by Crippen LogP contribution is 2.29. The van der Waals surface area contributed by atoms with Gasteiger partial charge in [0.25, 0.3) is 0 Å². The van der Waals surface area contributed by atoms with Gasteiger partial charge in [-0.25, -0.2) is 9.59 Å². The van der Waals surface area contributed by atoms with Gasteiger partial charge in [0.1, 0.15) is 6.10 Å². The number of hydrogen-bond donors (Lipinski definition) is 3. The van der Waals surface area contributed by atoms with Crippen LogP contribution in [-0.2, 0) is 25.7 Å². The third-order valence-corrected chi connectivity index (χ3v) is 6.62. The van der Waals surface area contributed by atoms with Crippen molar-refractivity contribution in [3.8, 4) is 11.5 Å². The fourth-order valence-corrected chi connectivity index (χ4v) is 4.11. The minimum atomic E-state index is -1.43. The highest BCUT2D eigenvalue weighted by Gasteiger charge is 2.24. The van der Waals surface area contributed by atoms with E-state index in [1.165, 1.54) is 7.11 Å². The van der Waals surface area contributed by atoms with Crippen molar-refractivity contribution in [2.75, 3.05) is 7.11 Å². The zero-order valence-corrected chi connectivity index (χ0v) is 24.6. The van der Waals surface area contributed by atoms with Gasteiger partial charge in [0.2, 0.25) is 5.91 Å². The number of aliphatic hydroxyl groups excluding tert-OH is 2. The van der Waals surface area contributed by atoms with Crippen LogP contribution in [-0.4, -0.2) is 41.3 Å².